The molecule has 0 amide bonds. The molecule has 2 aliphatic rings. The van der Waals surface area contributed by atoms with E-state index >= 15 is 0 Å². The first-order chi connectivity index (χ1) is 10.2. The first kappa shape index (κ1) is 14.9. The van der Waals surface area contributed by atoms with Gasteiger partial charge in [-0.15, -0.1) is 0 Å². The highest BCUT2D eigenvalue weighted by atomic mass is 16.3. The number of phenolic OH excluding ortho intramolecular Hbond substituents is 1. The number of benzene rings is 1. The fourth-order valence-corrected chi connectivity index (χ4v) is 4.17. The molecule has 2 N–H and O–H groups in total. The van der Waals surface area contributed by atoms with Gasteiger partial charge in [0.05, 0.1) is 0 Å². The molecule has 0 bridgehead atoms. The Morgan fingerprint density at radius 3 is 2.24 bits per heavy atom. The van der Waals surface area contributed by atoms with Gasteiger partial charge in [-0.25, -0.2) is 0 Å². The Bertz CT molecular complexity index is 465. The molecule has 0 spiro atoms. The van der Waals surface area contributed by atoms with Crippen molar-refractivity contribution in [2.45, 2.75) is 45.6 Å². The topological polar surface area (TPSA) is 35.5 Å². The zero-order valence-electron chi connectivity index (χ0n) is 13.4. The molecule has 1 saturated heterocycles. The van der Waals surface area contributed by atoms with E-state index in [0.29, 0.717) is 11.8 Å². The smallest absolute Gasteiger partial charge is 0.121 e. The summed E-state index contributed by atoms with van der Waals surface area (Å²) in [5.74, 6) is 1.25. The molecule has 1 atom stereocenters. The second-order valence-electron chi connectivity index (χ2n) is 6.78. The number of piperazine rings is 1. The van der Waals surface area contributed by atoms with Gasteiger partial charge in [-0.2, -0.15) is 0 Å². The normalized spacial score (nSPS) is 22.6. The predicted octanol–water partition coefficient (Wildman–Crippen LogP) is 3.15. The molecule has 1 aliphatic heterocycles. The lowest BCUT2D eigenvalue weighted by Gasteiger charge is -2.39. The molecule has 3 nitrogen and oxygen atoms in total. The molecular formula is C18H28N2O. The number of aromatic hydroxyl groups is 1. The Morgan fingerprint density at radius 1 is 1.10 bits per heavy atom. The molecule has 1 aromatic rings. The summed E-state index contributed by atoms with van der Waals surface area (Å²) in [6.45, 7) is 8.52. The van der Waals surface area contributed by atoms with Gasteiger partial charge in [-0.05, 0) is 49.3 Å². The van der Waals surface area contributed by atoms with Crippen molar-refractivity contribution in [1.82, 2.24) is 10.2 Å². The van der Waals surface area contributed by atoms with Crippen molar-refractivity contribution >= 4 is 0 Å². The fourth-order valence-electron chi connectivity index (χ4n) is 4.17. The highest BCUT2D eigenvalue weighted by Gasteiger charge is 2.32. The molecule has 3 rings (SSSR count). The number of hydrogen-bond donors (Lipinski definition) is 2. The van der Waals surface area contributed by atoms with Crippen LogP contribution < -0.4 is 5.32 Å². The standard InChI is InChI=1S/C18H28N2O/c1-13-11-16(12-14(2)18(13)21)17(15-5-3-4-6-15)20-9-7-19-8-10-20/h11-12,15,17,19,21H,3-10H2,1-2H3/t17-/m1/s1. The van der Waals surface area contributed by atoms with E-state index in [0.717, 1.165) is 43.2 Å². The van der Waals surface area contributed by atoms with Crippen LogP contribution in [0.1, 0.15) is 48.4 Å². The van der Waals surface area contributed by atoms with E-state index in [1.165, 1.54) is 31.2 Å². The maximum atomic E-state index is 10.1. The van der Waals surface area contributed by atoms with Crippen LogP contribution in [0.15, 0.2) is 12.1 Å². The lowest BCUT2D eigenvalue weighted by molar-refractivity contribution is 0.125. The largest absolute Gasteiger partial charge is 0.507 e. The minimum Gasteiger partial charge on any atom is -0.507 e. The number of aryl methyl sites for hydroxylation is 2. The molecule has 1 saturated carbocycles. The molecule has 0 radical (unpaired) electrons. The SMILES string of the molecule is Cc1cc([C@@H](C2CCCC2)N2CCNCC2)cc(C)c1O. The summed E-state index contributed by atoms with van der Waals surface area (Å²) in [6.07, 6.45) is 5.47. The summed E-state index contributed by atoms with van der Waals surface area (Å²) in [4.78, 5) is 2.66. The quantitative estimate of drug-likeness (QED) is 0.897. The van der Waals surface area contributed by atoms with E-state index in [-0.39, 0.29) is 0 Å². The molecule has 0 aromatic heterocycles. The highest BCUT2D eigenvalue weighted by molar-refractivity contribution is 5.43. The van der Waals surface area contributed by atoms with E-state index in [1.807, 2.05) is 13.8 Å². The second-order valence-corrected chi connectivity index (χ2v) is 6.78. The Morgan fingerprint density at radius 2 is 1.67 bits per heavy atom. The summed E-state index contributed by atoms with van der Waals surface area (Å²) < 4.78 is 0. The third-order valence-corrected chi connectivity index (χ3v) is 5.25. The summed E-state index contributed by atoms with van der Waals surface area (Å²) in [7, 11) is 0. The first-order valence-electron chi connectivity index (χ1n) is 8.41. The van der Waals surface area contributed by atoms with E-state index in [9.17, 15) is 5.11 Å². The van der Waals surface area contributed by atoms with Gasteiger partial charge in [-0.3, -0.25) is 4.90 Å². The van der Waals surface area contributed by atoms with Crippen LogP contribution in [0.2, 0.25) is 0 Å². The van der Waals surface area contributed by atoms with Crippen LogP contribution in [0.3, 0.4) is 0 Å². The third kappa shape index (κ3) is 3.09. The third-order valence-electron chi connectivity index (χ3n) is 5.25. The summed E-state index contributed by atoms with van der Waals surface area (Å²) in [5.41, 5.74) is 3.45. The lowest BCUT2D eigenvalue weighted by Crippen LogP contribution is -2.46. The minimum atomic E-state index is 0.462. The number of nitrogens with zero attached hydrogens (tertiary/aromatic N) is 1. The van der Waals surface area contributed by atoms with Gasteiger partial charge >= 0.3 is 0 Å². The summed E-state index contributed by atoms with van der Waals surface area (Å²) in [5, 5.41) is 13.5. The molecule has 1 aliphatic carbocycles. The highest BCUT2D eigenvalue weighted by Crippen LogP contribution is 2.41. The van der Waals surface area contributed by atoms with Crippen LogP contribution >= 0.6 is 0 Å². The van der Waals surface area contributed by atoms with Crippen molar-refractivity contribution in [1.29, 1.82) is 0 Å². The van der Waals surface area contributed by atoms with Crippen molar-refractivity contribution in [2.75, 3.05) is 26.2 Å². The molecule has 1 aromatic carbocycles. The molecule has 2 fully saturated rings. The Balaban J connectivity index is 1.93. The zero-order valence-corrected chi connectivity index (χ0v) is 13.4. The van der Waals surface area contributed by atoms with Crippen LogP contribution in [-0.4, -0.2) is 36.2 Å². The molecule has 21 heavy (non-hydrogen) atoms. The van der Waals surface area contributed by atoms with Crippen LogP contribution in [0, 0.1) is 19.8 Å². The molecule has 1 heterocycles. The van der Waals surface area contributed by atoms with Crippen LogP contribution in [-0.2, 0) is 0 Å². The van der Waals surface area contributed by atoms with Gasteiger partial charge in [0.25, 0.3) is 0 Å². The molecule has 3 heteroatoms. The van der Waals surface area contributed by atoms with Gasteiger partial charge in [0.2, 0.25) is 0 Å². The van der Waals surface area contributed by atoms with Crippen molar-refractivity contribution in [3.05, 3.63) is 28.8 Å². The van der Waals surface area contributed by atoms with Crippen LogP contribution in [0.5, 0.6) is 5.75 Å². The lowest BCUT2D eigenvalue weighted by atomic mass is 9.88. The van der Waals surface area contributed by atoms with Crippen molar-refractivity contribution in [3.8, 4) is 5.75 Å². The van der Waals surface area contributed by atoms with E-state index < -0.39 is 0 Å². The van der Waals surface area contributed by atoms with Crippen molar-refractivity contribution in [3.63, 3.8) is 0 Å². The number of nitrogens with one attached hydrogen (secondary N) is 1. The summed E-state index contributed by atoms with van der Waals surface area (Å²) >= 11 is 0. The van der Waals surface area contributed by atoms with Gasteiger partial charge in [0.1, 0.15) is 5.75 Å². The van der Waals surface area contributed by atoms with E-state index in [1.54, 1.807) is 0 Å². The molecular weight excluding hydrogens is 260 g/mol. The predicted molar refractivity (Wildman–Crippen MR) is 86.7 cm³/mol. The van der Waals surface area contributed by atoms with E-state index in [2.05, 4.69) is 22.3 Å². The molecule has 116 valence electrons. The van der Waals surface area contributed by atoms with Crippen LogP contribution in [0.25, 0.3) is 0 Å². The first-order valence-corrected chi connectivity index (χ1v) is 8.41. The average Bonchev–Trinajstić information content (AvgIpc) is 3.00. The number of hydrogen-bond acceptors (Lipinski definition) is 3. The second kappa shape index (κ2) is 6.37. The van der Waals surface area contributed by atoms with Gasteiger partial charge in [0, 0.05) is 32.2 Å². The van der Waals surface area contributed by atoms with Crippen LogP contribution in [0.4, 0.5) is 0 Å². The summed E-state index contributed by atoms with van der Waals surface area (Å²) in [6, 6.07) is 4.97. The molecule has 0 unspecified atom stereocenters. The van der Waals surface area contributed by atoms with Gasteiger partial charge < -0.3 is 10.4 Å². The maximum absolute atomic E-state index is 10.1. The zero-order chi connectivity index (χ0) is 14.8. The van der Waals surface area contributed by atoms with Crippen molar-refractivity contribution in [2.24, 2.45) is 5.92 Å². The van der Waals surface area contributed by atoms with Gasteiger partial charge in [0.15, 0.2) is 0 Å². The van der Waals surface area contributed by atoms with Crippen molar-refractivity contribution < 1.29 is 5.11 Å². The minimum absolute atomic E-state index is 0.462. The maximum Gasteiger partial charge on any atom is 0.121 e. The Labute approximate surface area is 128 Å². The number of rotatable bonds is 3. The van der Waals surface area contributed by atoms with Gasteiger partial charge in [-0.1, -0.05) is 25.0 Å². The average molecular weight is 288 g/mol. The monoisotopic (exact) mass is 288 g/mol. The fraction of sp³-hybridized carbons (Fsp3) is 0.667. The number of phenols is 1. The Kier molecular flexibility index (Phi) is 4.51. The van der Waals surface area contributed by atoms with E-state index in [4.69, 9.17) is 0 Å². The Hall–Kier alpha value is -1.06.